The Balaban J connectivity index is 0.00000400. The molecule has 0 atom stereocenters. The van der Waals surface area contributed by atoms with Crippen LogP contribution in [-0.4, -0.2) is 29.8 Å². The molecule has 3 N–H and O–H groups in total. The van der Waals surface area contributed by atoms with E-state index in [-0.39, 0.29) is 24.0 Å². The van der Waals surface area contributed by atoms with E-state index in [1.54, 1.807) is 11.3 Å². The van der Waals surface area contributed by atoms with Crippen LogP contribution in [0, 0.1) is 6.92 Å². The van der Waals surface area contributed by atoms with E-state index in [4.69, 9.17) is 0 Å². The highest BCUT2D eigenvalue weighted by Gasteiger charge is 2.22. The number of nitrogens with zero attached hydrogens (tertiary/aromatic N) is 1. The third kappa shape index (κ3) is 7.46. The molecule has 0 bridgehead atoms. The van der Waals surface area contributed by atoms with Gasteiger partial charge in [-0.1, -0.05) is 13.8 Å². The van der Waals surface area contributed by atoms with Crippen molar-refractivity contribution in [2.75, 3.05) is 13.1 Å². The third-order valence-corrected chi connectivity index (χ3v) is 4.42. The highest BCUT2D eigenvalue weighted by atomic mass is 127. The Morgan fingerprint density at radius 2 is 1.90 bits per heavy atom. The summed E-state index contributed by atoms with van der Waals surface area (Å²) in [5.41, 5.74) is -0.657. The molecule has 0 saturated heterocycles. The minimum atomic E-state index is -0.657. The predicted molar refractivity (Wildman–Crippen MR) is 103 cm³/mol. The standard InChI is InChI=1S/C15H27N3OS.HI/c1-5-15(19,6-2)11-18-14(16-7-3)17-10-13-9-8-12(4)20-13;/h8-9,19H,5-7,10-11H2,1-4H3,(H2,16,17,18);1H. The number of aryl methyl sites for hydroxylation is 1. The molecular weight excluding hydrogens is 397 g/mol. The Morgan fingerprint density at radius 3 is 2.38 bits per heavy atom. The number of hydrogen-bond acceptors (Lipinski definition) is 3. The fourth-order valence-electron chi connectivity index (χ4n) is 1.82. The second-order valence-corrected chi connectivity index (χ2v) is 6.36. The van der Waals surface area contributed by atoms with Gasteiger partial charge in [0.1, 0.15) is 0 Å². The maximum absolute atomic E-state index is 10.3. The van der Waals surface area contributed by atoms with Gasteiger partial charge >= 0.3 is 0 Å². The number of nitrogens with one attached hydrogen (secondary N) is 2. The van der Waals surface area contributed by atoms with Crippen LogP contribution in [0.5, 0.6) is 0 Å². The average molecular weight is 425 g/mol. The molecule has 1 aromatic rings. The molecule has 0 unspecified atom stereocenters. The Bertz CT molecular complexity index is 430. The van der Waals surface area contributed by atoms with Crippen LogP contribution in [0.4, 0.5) is 0 Å². The minimum absolute atomic E-state index is 0. The predicted octanol–water partition coefficient (Wildman–Crippen LogP) is 3.28. The molecule has 1 heterocycles. The van der Waals surface area contributed by atoms with Gasteiger partial charge in [-0.05, 0) is 38.8 Å². The first kappa shape index (κ1) is 20.7. The van der Waals surface area contributed by atoms with E-state index in [0.717, 1.165) is 25.3 Å². The van der Waals surface area contributed by atoms with Gasteiger partial charge < -0.3 is 15.7 Å². The van der Waals surface area contributed by atoms with Crippen molar-refractivity contribution >= 4 is 41.3 Å². The molecule has 4 nitrogen and oxygen atoms in total. The van der Waals surface area contributed by atoms with E-state index >= 15 is 0 Å². The zero-order chi connectivity index (χ0) is 15.0. The molecule has 0 aromatic carbocycles. The second kappa shape index (κ2) is 10.4. The Morgan fingerprint density at radius 1 is 1.24 bits per heavy atom. The lowest BCUT2D eigenvalue weighted by atomic mass is 9.98. The summed E-state index contributed by atoms with van der Waals surface area (Å²) in [6, 6.07) is 4.23. The van der Waals surface area contributed by atoms with Crippen LogP contribution in [0.2, 0.25) is 0 Å². The first-order valence-electron chi connectivity index (χ1n) is 7.33. The zero-order valence-corrected chi connectivity index (χ0v) is 16.5. The van der Waals surface area contributed by atoms with Crippen molar-refractivity contribution in [3.63, 3.8) is 0 Å². The van der Waals surface area contributed by atoms with Crippen LogP contribution in [0.25, 0.3) is 0 Å². The van der Waals surface area contributed by atoms with Gasteiger partial charge in [0.15, 0.2) is 5.96 Å². The molecule has 6 heteroatoms. The minimum Gasteiger partial charge on any atom is -0.388 e. The zero-order valence-electron chi connectivity index (χ0n) is 13.4. The highest BCUT2D eigenvalue weighted by molar-refractivity contribution is 14.0. The molecule has 0 fully saturated rings. The Kier molecular flexibility index (Phi) is 10.2. The number of aliphatic hydroxyl groups is 1. The molecule has 0 aliphatic carbocycles. The first-order chi connectivity index (χ1) is 9.53. The summed E-state index contributed by atoms with van der Waals surface area (Å²) in [7, 11) is 0. The van der Waals surface area contributed by atoms with Crippen LogP contribution in [0.3, 0.4) is 0 Å². The molecule has 0 aliphatic rings. The smallest absolute Gasteiger partial charge is 0.191 e. The summed E-state index contributed by atoms with van der Waals surface area (Å²) < 4.78 is 0. The molecule has 21 heavy (non-hydrogen) atoms. The third-order valence-electron chi connectivity index (χ3n) is 3.43. The monoisotopic (exact) mass is 425 g/mol. The van der Waals surface area contributed by atoms with Crippen molar-refractivity contribution in [2.24, 2.45) is 4.99 Å². The number of aliphatic imine (C=N–C) groups is 1. The van der Waals surface area contributed by atoms with Crippen LogP contribution >= 0.6 is 35.3 Å². The molecule has 0 aliphatic heterocycles. The van der Waals surface area contributed by atoms with Gasteiger partial charge in [-0.3, -0.25) is 0 Å². The molecule has 0 amide bonds. The average Bonchev–Trinajstić information content (AvgIpc) is 2.87. The fourth-order valence-corrected chi connectivity index (χ4v) is 2.63. The van der Waals surface area contributed by atoms with Crippen molar-refractivity contribution in [3.8, 4) is 0 Å². The molecule has 1 aromatic heterocycles. The van der Waals surface area contributed by atoms with Gasteiger partial charge in [0, 0.05) is 22.8 Å². The van der Waals surface area contributed by atoms with Gasteiger partial charge in [-0.25, -0.2) is 4.99 Å². The van der Waals surface area contributed by atoms with Gasteiger partial charge in [0.25, 0.3) is 0 Å². The van der Waals surface area contributed by atoms with Crippen LogP contribution in [0.15, 0.2) is 17.1 Å². The molecule has 122 valence electrons. The molecule has 0 saturated carbocycles. The van der Waals surface area contributed by atoms with E-state index in [2.05, 4.69) is 34.7 Å². The number of thiophene rings is 1. The fraction of sp³-hybridized carbons (Fsp3) is 0.667. The van der Waals surface area contributed by atoms with Crippen LogP contribution in [0.1, 0.15) is 43.4 Å². The summed E-state index contributed by atoms with van der Waals surface area (Å²) in [6.07, 6.45) is 1.47. The second-order valence-electron chi connectivity index (χ2n) is 4.99. The topological polar surface area (TPSA) is 56.7 Å². The Hall–Kier alpha value is -0.340. The summed E-state index contributed by atoms with van der Waals surface area (Å²) in [5, 5.41) is 16.7. The van der Waals surface area contributed by atoms with E-state index in [9.17, 15) is 5.11 Å². The van der Waals surface area contributed by atoms with Gasteiger partial charge in [-0.2, -0.15) is 0 Å². The highest BCUT2D eigenvalue weighted by Crippen LogP contribution is 2.16. The lowest BCUT2D eigenvalue weighted by molar-refractivity contribution is 0.0367. The SMILES string of the molecule is CCNC(=NCc1ccc(C)s1)NCC(O)(CC)CC.I. The molecule has 0 radical (unpaired) electrons. The normalized spacial score (nSPS) is 12.0. The molecule has 1 rings (SSSR count). The lowest BCUT2D eigenvalue weighted by Gasteiger charge is -2.26. The maximum atomic E-state index is 10.3. The number of rotatable bonds is 7. The maximum Gasteiger partial charge on any atom is 0.191 e. The van der Waals surface area contributed by atoms with E-state index < -0.39 is 5.60 Å². The van der Waals surface area contributed by atoms with E-state index in [0.29, 0.717) is 13.1 Å². The van der Waals surface area contributed by atoms with Gasteiger partial charge in [0.2, 0.25) is 0 Å². The summed E-state index contributed by atoms with van der Waals surface area (Å²) in [5.74, 6) is 0.763. The van der Waals surface area contributed by atoms with Crippen molar-refractivity contribution in [1.82, 2.24) is 10.6 Å². The number of halogens is 1. The molecule has 0 spiro atoms. The largest absolute Gasteiger partial charge is 0.388 e. The van der Waals surface area contributed by atoms with E-state index in [1.165, 1.54) is 9.75 Å². The number of guanidine groups is 1. The summed E-state index contributed by atoms with van der Waals surface area (Å²) in [4.78, 5) is 7.12. The van der Waals surface area contributed by atoms with Crippen molar-refractivity contribution in [3.05, 3.63) is 21.9 Å². The quantitative estimate of drug-likeness (QED) is 0.357. The first-order valence-corrected chi connectivity index (χ1v) is 8.14. The van der Waals surface area contributed by atoms with Crippen LogP contribution in [-0.2, 0) is 6.54 Å². The Labute approximate surface area is 149 Å². The number of hydrogen-bond donors (Lipinski definition) is 3. The van der Waals surface area contributed by atoms with E-state index in [1.807, 2.05) is 20.8 Å². The van der Waals surface area contributed by atoms with Crippen LogP contribution < -0.4 is 10.6 Å². The summed E-state index contributed by atoms with van der Waals surface area (Å²) >= 11 is 1.77. The van der Waals surface area contributed by atoms with Crippen molar-refractivity contribution in [1.29, 1.82) is 0 Å². The lowest BCUT2D eigenvalue weighted by Crippen LogP contribution is -2.46. The summed E-state index contributed by atoms with van der Waals surface area (Å²) in [6.45, 7) is 10.2. The van der Waals surface area contributed by atoms with Crippen molar-refractivity contribution in [2.45, 2.75) is 52.7 Å². The van der Waals surface area contributed by atoms with Gasteiger partial charge in [0.05, 0.1) is 12.1 Å². The molecular formula is C15H28IN3OS. The van der Waals surface area contributed by atoms with Gasteiger partial charge in [-0.15, -0.1) is 35.3 Å². The van der Waals surface area contributed by atoms with Crippen molar-refractivity contribution < 1.29 is 5.11 Å².